The normalized spacial score (nSPS) is 13.4. The number of carbonyl (C=O) groups excluding carboxylic acids is 2. The van der Waals surface area contributed by atoms with Crippen LogP contribution in [0.25, 0.3) is 0 Å². The number of nitro groups is 1. The van der Waals surface area contributed by atoms with Crippen LogP contribution < -0.4 is 5.32 Å². The van der Waals surface area contributed by atoms with Crippen molar-refractivity contribution in [1.82, 2.24) is 5.32 Å². The van der Waals surface area contributed by atoms with Gasteiger partial charge < -0.3 is 24.4 Å². The zero-order chi connectivity index (χ0) is 24.4. The van der Waals surface area contributed by atoms with Gasteiger partial charge in [0.05, 0.1) is 18.6 Å². The van der Waals surface area contributed by atoms with E-state index in [-0.39, 0.29) is 30.2 Å². The lowest BCUT2D eigenvalue weighted by Gasteiger charge is -2.17. The standard InChI is InChI=1S/C20H22ClN2O9P/c1-30-18(24)16(22-20(26)31-12-13-5-3-2-4-6-13)9-10-32-33(29)19(25)14-7-8-15(21)17(11-14)23(27)28/h2-8,11,16,19,25,33H,9-10,12H2,1H3,(H,22,26)/t16-,19?/m0/s1. The molecule has 3 atom stereocenters. The number of alkyl carbamates (subject to hydrolysis) is 1. The van der Waals surface area contributed by atoms with Gasteiger partial charge in [-0.05, 0) is 17.2 Å². The number of aliphatic hydroxyl groups excluding tert-OH is 1. The predicted molar refractivity (Wildman–Crippen MR) is 118 cm³/mol. The minimum Gasteiger partial charge on any atom is -0.467 e. The number of benzene rings is 2. The van der Waals surface area contributed by atoms with Crippen LogP contribution >= 0.6 is 19.6 Å². The van der Waals surface area contributed by atoms with Gasteiger partial charge in [0, 0.05) is 12.5 Å². The van der Waals surface area contributed by atoms with Crippen molar-refractivity contribution in [3.63, 3.8) is 0 Å². The first-order valence-corrected chi connectivity index (χ1v) is 11.3. The number of nitrogens with one attached hydrogen (secondary N) is 1. The Balaban J connectivity index is 1.89. The van der Waals surface area contributed by atoms with Crippen molar-refractivity contribution in [3.8, 4) is 0 Å². The van der Waals surface area contributed by atoms with Crippen molar-refractivity contribution in [2.45, 2.75) is 24.9 Å². The molecule has 2 aromatic rings. The number of aliphatic hydroxyl groups is 1. The van der Waals surface area contributed by atoms with E-state index in [9.17, 15) is 29.4 Å². The maximum absolute atomic E-state index is 12.3. The Kier molecular flexibility index (Phi) is 10.3. The summed E-state index contributed by atoms with van der Waals surface area (Å²) in [5.41, 5.74) is 0.287. The van der Waals surface area contributed by atoms with Crippen molar-refractivity contribution < 1.29 is 38.2 Å². The molecule has 0 radical (unpaired) electrons. The van der Waals surface area contributed by atoms with Crippen LogP contribution in [0.15, 0.2) is 48.5 Å². The van der Waals surface area contributed by atoms with E-state index in [4.69, 9.17) is 20.9 Å². The Morgan fingerprint density at radius 1 is 1.24 bits per heavy atom. The van der Waals surface area contributed by atoms with Gasteiger partial charge in [0.25, 0.3) is 5.69 Å². The Labute approximate surface area is 194 Å². The molecule has 0 aromatic heterocycles. The Bertz CT molecular complexity index is 1010. The fourth-order valence-corrected chi connectivity index (χ4v) is 3.75. The summed E-state index contributed by atoms with van der Waals surface area (Å²) >= 11 is 5.72. The summed E-state index contributed by atoms with van der Waals surface area (Å²) < 4.78 is 27.1. The summed E-state index contributed by atoms with van der Waals surface area (Å²) in [5, 5.41) is 23.4. The molecule has 0 fully saturated rings. The number of hydrogen-bond acceptors (Lipinski definition) is 9. The first-order chi connectivity index (χ1) is 15.7. The molecule has 0 saturated carbocycles. The minimum absolute atomic E-state index is 0.00973. The van der Waals surface area contributed by atoms with Crippen molar-refractivity contribution in [2.75, 3.05) is 13.7 Å². The molecular weight excluding hydrogens is 479 g/mol. The van der Waals surface area contributed by atoms with Gasteiger partial charge >= 0.3 is 12.1 Å². The topological polar surface area (TPSA) is 154 Å². The van der Waals surface area contributed by atoms with Crippen molar-refractivity contribution in [3.05, 3.63) is 74.8 Å². The number of rotatable bonds is 11. The smallest absolute Gasteiger partial charge is 0.408 e. The van der Waals surface area contributed by atoms with E-state index in [0.29, 0.717) is 0 Å². The molecule has 13 heteroatoms. The molecule has 2 unspecified atom stereocenters. The number of methoxy groups -OCH3 is 1. The Morgan fingerprint density at radius 3 is 2.58 bits per heavy atom. The molecule has 11 nitrogen and oxygen atoms in total. The van der Waals surface area contributed by atoms with Crippen LogP contribution in [0, 0.1) is 10.1 Å². The third-order valence-electron chi connectivity index (χ3n) is 4.35. The van der Waals surface area contributed by atoms with Gasteiger partial charge in [-0.2, -0.15) is 0 Å². The third kappa shape index (κ3) is 8.14. The second kappa shape index (κ2) is 12.9. The van der Waals surface area contributed by atoms with Crippen LogP contribution in [0.5, 0.6) is 0 Å². The van der Waals surface area contributed by atoms with E-state index in [1.807, 2.05) is 6.07 Å². The second-order valence-electron chi connectivity index (χ2n) is 6.61. The molecule has 0 saturated heterocycles. The van der Waals surface area contributed by atoms with E-state index in [1.54, 1.807) is 24.3 Å². The summed E-state index contributed by atoms with van der Waals surface area (Å²) in [7, 11) is -2.00. The van der Waals surface area contributed by atoms with Crippen LogP contribution in [0.3, 0.4) is 0 Å². The van der Waals surface area contributed by atoms with Crippen molar-refractivity contribution in [2.24, 2.45) is 0 Å². The van der Waals surface area contributed by atoms with Gasteiger partial charge in [0.1, 0.15) is 17.7 Å². The molecule has 0 heterocycles. The number of halogens is 1. The van der Waals surface area contributed by atoms with E-state index >= 15 is 0 Å². The highest BCUT2D eigenvalue weighted by atomic mass is 35.5. The van der Waals surface area contributed by atoms with Gasteiger partial charge in [-0.1, -0.05) is 48.0 Å². The van der Waals surface area contributed by atoms with E-state index < -0.39 is 42.6 Å². The molecule has 0 aliphatic rings. The molecule has 2 N–H and O–H groups in total. The lowest BCUT2D eigenvalue weighted by Crippen LogP contribution is -2.42. The summed E-state index contributed by atoms with van der Waals surface area (Å²) in [6.07, 6.45) is -0.993. The Hall–Kier alpha value is -2.98. The SMILES string of the molecule is COC(=O)[C@H](CCO[PH](=O)C(O)c1ccc(Cl)c([N+](=O)[O-])c1)NC(=O)OCc1ccccc1. The van der Waals surface area contributed by atoms with E-state index in [0.717, 1.165) is 18.7 Å². The quantitative estimate of drug-likeness (QED) is 0.204. The average molecular weight is 501 g/mol. The number of esters is 1. The first kappa shape index (κ1) is 26.3. The Morgan fingerprint density at radius 2 is 1.94 bits per heavy atom. The average Bonchev–Trinajstić information content (AvgIpc) is 2.81. The third-order valence-corrected chi connectivity index (χ3v) is 5.94. The number of carbonyl (C=O) groups is 2. The lowest BCUT2D eigenvalue weighted by atomic mass is 10.2. The lowest BCUT2D eigenvalue weighted by molar-refractivity contribution is -0.384. The molecule has 0 bridgehead atoms. The summed E-state index contributed by atoms with van der Waals surface area (Å²) in [5.74, 6) is -2.41. The van der Waals surface area contributed by atoms with Gasteiger partial charge in [-0.15, -0.1) is 0 Å². The highest BCUT2D eigenvalue weighted by Gasteiger charge is 2.25. The van der Waals surface area contributed by atoms with Crippen LogP contribution in [0.2, 0.25) is 5.02 Å². The maximum Gasteiger partial charge on any atom is 0.408 e. The molecule has 2 aromatic carbocycles. The van der Waals surface area contributed by atoms with Crippen LogP contribution in [0.4, 0.5) is 10.5 Å². The number of amides is 1. The number of ether oxygens (including phenoxy) is 2. The fraction of sp³-hybridized carbons (Fsp3) is 0.300. The highest BCUT2D eigenvalue weighted by molar-refractivity contribution is 7.39. The molecule has 1 amide bonds. The van der Waals surface area contributed by atoms with E-state index in [1.165, 1.54) is 12.1 Å². The molecule has 2 rings (SSSR count). The molecule has 0 aliphatic carbocycles. The van der Waals surface area contributed by atoms with Gasteiger partial charge in [0.15, 0.2) is 5.85 Å². The predicted octanol–water partition coefficient (Wildman–Crippen LogP) is 3.59. The first-order valence-electron chi connectivity index (χ1n) is 9.56. The van der Waals surface area contributed by atoms with Gasteiger partial charge in [-0.3, -0.25) is 14.7 Å². The van der Waals surface area contributed by atoms with Gasteiger partial charge in [-0.25, -0.2) is 9.59 Å². The molecule has 33 heavy (non-hydrogen) atoms. The highest BCUT2D eigenvalue weighted by Crippen LogP contribution is 2.41. The van der Waals surface area contributed by atoms with Crippen LogP contribution in [-0.2, 0) is 30.0 Å². The van der Waals surface area contributed by atoms with Crippen LogP contribution in [-0.4, -0.2) is 41.9 Å². The number of nitrogens with zero attached hydrogens (tertiary/aromatic N) is 1. The van der Waals surface area contributed by atoms with Crippen molar-refractivity contribution in [1.29, 1.82) is 0 Å². The molecule has 0 aliphatic heterocycles. The second-order valence-corrected chi connectivity index (χ2v) is 8.49. The fourth-order valence-electron chi connectivity index (χ4n) is 2.63. The van der Waals surface area contributed by atoms with Crippen molar-refractivity contribution >= 4 is 37.4 Å². The van der Waals surface area contributed by atoms with Gasteiger partial charge in [0.2, 0.25) is 8.03 Å². The summed E-state index contributed by atoms with van der Waals surface area (Å²) in [6, 6.07) is 11.2. The minimum atomic E-state index is -3.13. The monoisotopic (exact) mass is 500 g/mol. The zero-order valence-electron chi connectivity index (χ0n) is 17.4. The molecule has 0 spiro atoms. The zero-order valence-corrected chi connectivity index (χ0v) is 19.2. The maximum atomic E-state index is 12.3. The summed E-state index contributed by atoms with van der Waals surface area (Å²) in [4.78, 5) is 34.2. The summed E-state index contributed by atoms with van der Waals surface area (Å²) in [6.45, 7) is -0.298. The number of hydrogen-bond donors (Lipinski definition) is 2. The van der Waals surface area contributed by atoms with E-state index in [2.05, 4.69) is 10.1 Å². The largest absolute Gasteiger partial charge is 0.467 e. The number of nitro benzene ring substituents is 1. The molecular formula is C20H22ClN2O9P. The molecule has 178 valence electrons. The van der Waals surface area contributed by atoms with Crippen LogP contribution in [0.1, 0.15) is 23.4 Å².